The van der Waals surface area contributed by atoms with Gasteiger partial charge in [-0.25, -0.2) is 0 Å². The monoisotopic (exact) mass is 606 g/mol. The van der Waals surface area contributed by atoms with Crippen molar-refractivity contribution in [2.75, 3.05) is 6.61 Å². The first kappa shape index (κ1) is 34.1. The molecule has 0 amide bonds. The number of hydrogen-bond donors (Lipinski definition) is 5. The molecule has 0 saturated heterocycles. The van der Waals surface area contributed by atoms with Crippen molar-refractivity contribution in [2.24, 2.45) is 75.4 Å². The molecular weight excluding hydrogens is 540 g/mol. The van der Waals surface area contributed by atoms with Gasteiger partial charge in [-0.1, -0.05) is 60.8 Å². The predicted octanol–water partition coefficient (Wildman–Crippen LogP) is 6.01. The minimum Gasteiger partial charge on any atom is -0.393 e. The Morgan fingerprint density at radius 1 is 0.814 bits per heavy atom. The highest BCUT2D eigenvalue weighted by molar-refractivity contribution is 5.18. The van der Waals surface area contributed by atoms with Gasteiger partial charge in [0, 0.05) is 11.3 Å². The van der Waals surface area contributed by atoms with Gasteiger partial charge in [0.05, 0.1) is 31.0 Å². The predicted molar refractivity (Wildman–Crippen MR) is 170 cm³/mol. The molecule has 5 aliphatic carbocycles. The van der Waals surface area contributed by atoms with Gasteiger partial charge in [-0.05, 0) is 123 Å². The highest BCUT2D eigenvalue weighted by Crippen LogP contribution is 2.73. The van der Waals surface area contributed by atoms with Gasteiger partial charge in [0.15, 0.2) is 6.29 Å². The van der Waals surface area contributed by atoms with Crippen LogP contribution in [0.5, 0.6) is 0 Å². The summed E-state index contributed by atoms with van der Waals surface area (Å²) in [6.07, 6.45) is 8.36. The number of ether oxygens (including phenoxy) is 1. The van der Waals surface area contributed by atoms with E-state index in [-0.39, 0.29) is 52.6 Å². The molecule has 5 fully saturated rings. The number of hydrogen-bond acceptors (Lipinski definition) is 6. The lowest BCUT2D eigenvalue weighted by Crippen LogP contribution is -2.70. The van der Waals surface area contributed by atoms with E-state index in [1.165, 1.54) is 32.1 Å². The lowest BCUT2D eigenvalue weighted by Gasteiger charge is -2.72. The Bertz CT molecular complexity index is 947. The van der Waals surface area contributed by atoms with Gasteiger partial charge < -0.3 is 30.3 Å². The summed E-state index contributed by atoms with van der Waals surface area (Å²) < 4.78 is 5.23. The topological polar surface area (TPSA) is 110 Å². The van der Waals surface area contributed by atoms with Crippen LogP contribution in [0.1, 0.15) is 120 Å². The molecule has 5 saturated carbocycles. The van der Waals surface area contributed by atoms with E-state index in [0.29, 0.717) is 35.5 Å². The summed E-state index contributed by atoms with van der Waals surface area (Å²) in [5.74, 6) is 3.70. The molecule has 0 radical (unpaired) electrons. The second-order valence-corrected chi connectivity index (χ2v) is 17.7. The van der Waals surface area contributed by atoms with E-state index >= 15 is 0 Å². The third-order valence-electron chi connectivity index (χ3n) is 15.1. The first-order valence-electron chi connectivity index (χ1n) is 18.1. The average Bonchev–Trinajstić information content (AvgIpc) is 2.90. The highest BCUT2D eigenvalue weighted by atomic mass is 16.6. The Labute approximate surface area is 262 Å². The molecule has 16 atom stereocenters. The van der Waals surface area contributed by atoms with Crippen LogP contribution < -0.4 is 0 Å². The van der Waals surface area contributed by atoms with Gasteiger partial charge in [-0.2, -0.15) is 0 Å². The zero-order chi connectivity index (χ0) is 31.6. The fraction of sp³-hybridized carbons (Fsp3) is 1.00. The lowest BCUT2D eigenvalue weighted by molar-refractivity contribution is -0.280. The molecule has 0 aliphatic heterocycles. The van der Waals surface area contributed by atoms with E-state index in [1.54, 1.807) is 6.92 Å². The van der Waals surface area contributed by atoms with Gasteiger partial charge in [0.1, 0.15) is 0 Å². The largest absolute Gasteiger partial charge is 0.393 e. The molecule has 6 nitrogen and oxygen atoms in total. The minimum atomic E-state index is -0.837. The third kappa shape index (κ3) is 5.79. The van der Waals surface area contributed by atoms with Crippen LogP contribution in [-0.2, 0) is 4.74 Å². The van der Waals surface area contributed by atoms with Gasteiger partial charge in [-0.3, -0.25) is 0 Å². The molecule has 43 heavy (non-hydrogen) atoms. The fourth-order valence-corrected chi connectivity index (χ4v) is 13.2. The molecule has 0 heterocycles. The number of aliphatic hydroxyl groups excluding tert-OH is 5. The van der Waals surface area contributed by atoms with Crippen molar-refractivity contribution in [3.63, 3.8) is 0 Å². The maximum atomic E-state index is 12.5. The van der Waals surface area contributed by atoms with E-state index in [2.05, 4.69) is 41.5 Å². The minimum absolute atomic E-state index is 0.0336. The molecule has 6 heteroatoms. The molecule has 0 spiro atoms. The van der Waals surface area contributed by atoms with E-state index in [4.69, 9.17) is 4.74 Å². The van der Waals surface area contributed by atoms with Crippen LogP contribution in [-0.4, -0.2) is 62.8 Å². The summed E-state index contributed by atoms with van der Waals surface area (Å²) in [6.45, 7) is 17.8. The second kappa shape index (κ2) is 12.4. The number of aliphatic hydroxyl groups is 5. The van der Waals surface area contributed by atoms with E-state index in [9.17, 15) is 25.5 Å². The van der Waals surface area contributed by atoms with Crippen molar-refractivity contribution in [1.82, 2.24) is 0 Å². The number of fused-ring (bicyclic) bond motifs is 3. The maximum absolute atomic E-state index is 12.5. The van der Waals surface area contributed by atoms with Gasteiger partial charge in [-0.15, -0.1) is 0 Å². The quantitative estimate of drug-likeness (QED) is 0.227. The zero-order valence-electron chi connectivity index (χ0n) is 28.6. The zero-order valence-corrected chi connectivity index (χ0v) is 28.6. The SMILES string of the molecule is CC(O)OCC(O)CC1CCC(C2CCC(C)C3C(O)C4C(C)C5(C)C(O)C(C(C)O)C(C)CC5(C)CC4(C)CC23)CC1. The van der Waals surface area contributed by atoms with Crippen molar-refractivity contribution in [1.29, 1.82) is 0 Å². The van der Waals surface area contributed by atoms with Crippen LogP contribution in [0.4, 0.5) is 0 Å². The van der Waals surface area contributed by atoms with Gasteiger partial charge in [0.25, 0.3) is 0 Å². The molecular formula is C37H66O6. The van der Waals surface area contributed by atoms with Crippen LogP contribution >= 0.6 is 0 Å². The second-order valence-electron chi connectivity index (χ2n) is 17.7. The molecule has 5 N–H and O–H groups in total. The highest BCUT2D eigenvalue weighted by Gasteiger charge is 2.70. The van der Waals surface area contributed by atoms with Crippen LogP contribution in [0, 0.1) is 75.4 Å². The Morgan fingerprint density at radius 2 is 1.47 bits per heavy atom. The van der Waals surface area contributed by atoms with Crippen LogP contribution in [0.3, 0.4) is 0 Å². The van der Waals surface area contributed by atoms with E-state index < -0.39 is 24.6 Å². The standard InChI is InChI=1S/C37H66O6/c1-20-9-14-28(26-12-10-25(11-13-26)15-27(40)18-43-24(5)39)29-17-35(6)19-36(7)16-21(2)30(23(4)38)34(42)37(36,8)22(3)32(35)33(41)31(20)29/h20-34,38-42H,9-19H2,1-8H3. The number of rotatable bonds is 7. The van der Waals surface area contributed by atoms with Gasteiger partial charge in [0.2, 0.25) is 0 Å². The van der Waals surface area contributed by atoms with Crippen molar-refractivity contribution >= 4 is 0 Å². The van der Waals surface area contributed by atoms with E-state index in [0.717, 1.165) is 32.1 Å². The summed E-state index contributed by atoms with van der Waals surface area (Å²) in [7, 11) is 0. The third-order valence-corrected chi connectivity index (χ3v) is 15.1. The lowest BCUT2D eigenvalue weighted by atomic mass is 9.34. The van der Waals surface area contributed by atoms with Crippen LogP contribution in [0.25, 0.3) is 0 Å². The molecule has 16 unspecified atom stereocenters. The molecule has 0 aromatic carbocycles. The van der Waals surface area contributed by atoms with Crippen LogP contribution in [0.2, 0.25) is 0 Å². The summed E-state index contributed by atoms with van der Waals surface area (Å²) in [5.41, 5.74) is -0.355. The van der Waals surface area contributed by atoms with Crippen molar-refractivity contribution in [3.05, 3.63) is 0 Å². The van der Waals surface area contributed by atoms with Gasteiger partial charge >= 0.3 is 0 Å². The Kier molecular flexibility index (Phi) is 9.85. The Morgan fingerprint density at radius 3 is 2.07 bits per heavy atom. The summed E-state index contributed by atoms with van der Waals surface area (Å²) in [4.78, 5) is 0. The Balaban J connectivity index is 1.35. The van der Waals surface area contributed by atoms with Crippen molar-refractivity contribution < 1.29 is 30.3 Å². The molecule has 250 valence electrons. The molecule has 0 aromatic rings. The average molecular weight is 607 g/mol. The fourth-order valence-electron chi connectivity index (χ4n) is 13.2. The molecule has 5 aliphatic rings. The summed E-state index contributed by atoms with van der Waals surface area (Å²) >= 11 is 0. The van der Waals surface area contributed by atoms with Crippen LogP contribution in [0.15, 0.2) is 0 Å². The summed E-state index contributed by atoms with van der Waals surface area (Å²) in [5, 5.41) is 55.0. The molecule has 0 aromatic heterocycles. The Hall–Kier alpha value is -0.240. The molecule has 0 bridgehead atoms. The molecule has 5 rings (SSSR count). The van der Waals surface area contributed by atoms with E-state index in [1.807, 2.05) is 6.92 Å². The normalized spacial score (nSPS) is 54.1. The van der Waals surface area contributed by atoms with Crippen molar-refractivity contribution in [3.8, 4) is 0 Å². The smallest absolute Gasteiger partial charge is 0.151 e. The first-order chi connectivity index (χ1) is 20.0. The first-order valence-corrected chi connectivity index (χ1v) is 18.1. The van der Waals surface area contributed by atoms with Crippen molar-refractivity contribution in [2.45, 2.75) is 150 Å². The summed E-state index contributed by atoms with van der Waals surface area (Å²) in [6, 6.07) is 0. The maximum Gasteiger partial charge on any atom is 0.151 e.